The van der Waals surface area contributed by atoms with Crippen molar-refractivity contribution >= 4 is 17.2 Å². The minimum Gasteiger partial charge on any atom is -0.347 e. The Balaban J connectivity index is 1.67. The van der Waals surface area contributed by atoms with Crippen LogP contribution in [0.15, 0.2) is 30.5 Å². The third-order valence-corrected chi connectivity index (χ3v) is 4.01. The lowest BCUT2D eigenvalue weighted by Gasteiger charge is -2.14. The summed E-state index contributed by atoms with van der Waals surface area (Å²) in [4.78, 5) is 13.4. The maximum absolute atomic E-state index is 10.9. The molecule has 1 aromatic carbocycles. The molecule has 0 N–H and O–H groups in total. The Morgan fingerprint density at radius 2 is 1.95 bits per heavy atom. The van der Waals surface area contributed by atoms with Crippen LogP contribution >= 0.6 is 0 Å². The van der Waals surface area contributed by atoms with Crippen molar-refractivity contribution in [2.24, 2.45) is 0 Å². The van der Waals surface area contributed by atoms with Crippen LogP contribution in [0.1, 0.15) is 29.6 Å². The number of hydrogen-bond donors (Lipinski definition) is 0. The third kappa shape index (κ3) is 2.71. The molecule has 1 aliphatic heterocycles. The van der Waals surface area contributed by atoms with Gasteiger partial charge < -0.3 is 9.47 Å². The normalized spacial score (nSPS) is 16.2. The SMILES string of the molecule is O=Cc1ccc2ccn(CCCN3CCCC3)c2c1. The molecule has 2 heterocycles. The predicted molar refractivity (Wildman–Crippen MR) is 77.6 cm³/mol. The number of carbonyl (C=O) groups is 1. The van der Waals surface area contributed by atoms with Gasteiger partial charge in [0.25, 0.3) is 0 Å². The van der Waals surface area contributed by atoms with Gasteiger partial charge >= 0.3 is 0 Å². The van der Waals surface area contributed by atoms with Gasteiger partial charge in [-0.25, -0.2) is 0 Å². The first kappa shape index (κ1) is 12.4. The number of hydrogen-bond acceptors (Lipinski definition) is 2. The zero-order valence-corrected chi connectivity index (χ0v) is 11.2. The topological polar surface area (TPSA) is 25.2 Å². The highest BCUT2D eigenvalue weighted by molar-refractivity contribution is 5.87. The fourth-order valence-corrected chi connectivity index (χ4v) is 2.94. The lowest BCUT2D eigenvalue weighted by Crippen LogP contribution is -2.21. The van der Waals surface area contributed by atoms with Crippen LogP contribution < -0.4 is 0 Å². The molecule has 3 heteroatoms. The lowest BCUT2D eigenvalue weighted by atomic mass is 10.2. The fourth-order valence-electron chi connectivity index (χ4n) is 2.94. The van der Waals surface area contributed by atoms with Gasteiger partial charge in [0.05, 0.1) is 0 Å². The number of likely N-dealkylation sites (tertiary alicyclic amines) is 1. The van der Waals surface area contributed by atoms with E-state index in [9.17, 15) is 4.79 Å². The summed E-state index contributed by atoms with van der Waals surface area (Å²) in [6, 6.07) is 8.01. The highest BCUT2D eigenvalue weighted by Crippen LogP contribution is 2.18. The molecular formula is C16H20N2O. The average Bonchev–Trinajstić information content (AvgIpc) is 3.08. The van der Waals surface area contributed by atoms with Crippen molar-refractivity contribution in [1.29, 1.82) is 0 Å². The smallest absolute Gasteiger partial charge is 0.150 e. The highest BCUT2D eigenvalue weighted by Gasteiger charge is 2.10. The molecule has 3 rings (SSSR count). The van der Waals surface area contributed by atoms with Gasteiger partial charge in [0.1, 0.15) is 6.29 Å². The maximum Gasteiger partial charge on any atom is 0.150 e. The second kappa shape index (κ2) is 5.57. The molecule has 1 fully saturated rings. The number of aldehydes is 1. The maximum atomic E-state index is 10.9. The van der Waals surface area contributed by atoms with E-state index in [0.29, 0.717) is 0 Å². The molecule has 3 nitrogen and oxygen atoms in total. The Hall–Kier alpha value is -1.61. The van der Waals surface area contributed by atoms with Gasteiger partial charge in [0, 0.05) is 23.8 Å². The second-order valence-electron chi connectivity index (χ2n) is 5.35. The molecule has 0 unspecified atom stereocenters. The van der Waals surface area contributed by atoms with Crippen LogP contribution in [0.5, 0.6) is 0 Å². The van der Waals surface area contributed by atoms with Crippen LogP contribution in [0.3, 0.4) is 0 Å². The van der Waals surface area contributed by atoms with Gasteiger partial charge in [-0.3, -0.25) is 4.79 Å². The van der Waals surface area contributed by atoms with E-state index in [0.717, 1.165) is 18.4 Å². The lowest BCUT2D eigenvalue weighted by molar-refractivity contribution is 0.112. The summed E-state index contributed by atoms with van der Waals surface area (Å²) in [7, 11) is 0. The highest BCUT2D eigenvalue weighted by atomic mass is 16.1. The molecule has 2 aromatic rings. The largest absolute Gasteiger partial charge is 0.347 e. The number of nitrogens with zero attached hydrogens (tertiary/aromatic N) is 2. The molecule has 0 bridgehead atoms. The summed E-state index contributed by atoms with van der Waals surface area (Å²) in [5.74, 6) is 0. The van der Waals surface area contributed by atoms with E-state index in [1.807, 2.05) is 18.2 Å². The molecule has 1 aliphatic rings. The van der Waals surface area contributed by atoms with E-state index in [2.05, 4.69) is 21.7 Å². The summed E-state index contributed by atoms with van der Waals surface area (Å²) in [5.41, 5.74) is 1.93. The third-order valence-electron chi connectivity index (χ3n) is 4.01. The van der Waals surface area contributed by atoms with E-state index in [4.69, 9.17) is 0 Å². The minimum atomic E-state index is 0.756. The first-order valence-corrected chi connectivity index (χ1v) is 7.13. The number of carbonyl (C=O) groups excluding carboxylic acids is 1. The molecule has 0 aliphatic carbocycles. The first-order valence-electron chi connectivity index (χ1n) is 7.13. The summed E-state index contributed by atoms with van der Waals surface area (Å²) in [6.07, 6.45) is 6.93. The van der Waals surface area contributed by atoms with E-state index >= 15 is 0 Å². The van der Waals surface area contributed by atoms with Crippen LogP contribution in [0, 0.1) is 0 Å². The van der Waals surface area contributed by atoms with E-state index in [-0.39, 0.29) is 0 Å². The first-order chi connectivity index (χ1) is 9.36. The van der Waals surface area contributed by atoms with Crippen molar-refractivity contribution in [3.63, 3.8) is 0 Å². The molecular weight excluding hydrogens is 236 g/mol. The van der Waals surface area contributed by atoms with Gasteiger partial charge in [-0.15, -0.1) is 0 Å². The monoisotopic (exact) mass is 256 g/mol. The second-order valence-corrected chi connectivity index (χ2v) is 5.35. The summed E-state index contributed by atoms with van der Waals surface area (Å²) >= 11 is 0. The Bertz CT molecular complexity index is 567. The van der Waals surface area contributed by atoms with Crippen molar-refractivity contribution in [2.75, 3.05) is 19.6 Å². The van der Waals surface area contributed by atoms with Crippen LogP contribution in [0.2, 0.25) is 0 Å². The Morgan fingerprint density at radius 3 is 2.74 bits per heavy atom. The van der Waals surface area contributed by atoms with Gasteiger partial charge in [-0.1, -0.05) is 12.1 Å². The predicted octanol–water partition coefficient (Wildman–Crippen LogP) is 2.94. The molecule has 0 radical (unpaired) electrons. The molecule has 19 heavy (non-hydrogen) atoms. The molecule has 0 spiro atoms. The molecule has 1 aromatic heterocycles. The van der Waals surface area contributed by atoms with E-state index in [1.54, 1.807) is 0 Å². The van der Waals surface area contributed by atoms with Crippen molar-refractivity contribution in [1.82, 2.24) is 9.47 Å². The molecule has 0 saturated carbocycles. The van der Waals surface area contributed by atoms with Crippen LogP contribution in [-0.2, 0) is 6.54 Å². The summed E-state index contributed by atoms with van der Waals surface area (Å²) in [6.45, 7) is 4.75. The molecule has 1 saturated heterocycles. The number of benzene rings is 1. The van der Waals surface area contributed by atoms with Gasteiger partial charge in [-0.2, -0.15) is 0 Å². The molecule has 0 atom stereocenters. The minimum absolute atomic E-state index is 0.756. The molecule has 100 valence electrons. The fraction of sp³-hybridized carbons (Fsp3) is 0.438. The standard InChI is InChI=1S/C16H20N2O/c19-13-14-4-5-15-6-11-18(16(15)12-14)10-3-9-17-7-1-2-8-17/h4-6,11-13H,1-3,7-10H2. The number of aryl methyl sites for hydroxylation is 1. The van der Waals surface area contributed by atoms with Crippen LogP contribution in [-0.4, -0.2) is 35.4 Å². The number of aromatic nitrogens is 1. The average molecular weight is 256 g/mol. The van der Waals surface area contributed by atoms with E-state index < -0.39 is 0 Å². The van der Waals surface area contributed by atoms with Gasteiger partial charge in [0.2, 0.25) is 0 Å². The zero-order valence-electron chi connectivity index (χ0n) is 11.2. The van der Waals surface area contributed by atoms with Gasteiger partial charge in [-0.05, 0) is 56.4 Å². The van der Waals surface area contributed by atoms with Crippen molar-refractivity contribution in [3.05, 3.63) is 36.0 Å². The Morgan fingerprint density at radius 1 is 1.11 bits per heavy atom. The summed E-state index contributed by atoms with van der Waals surface area (Å²) in [5, 5.41) is 1.21. The number of fused-ring (bicyclic) bond motifs is 1. The van der Waals surface area contributed by atoms with Gasteiger partial charge in [0.15, 0.2) is 0 Å². The van der Waals surface area contributed by atoms with Crippen molar-refractivity contribution in [3.8, 4) is 0 Å². The summed E-state index contributed by atoms with van der Waals surface area (Å²) < 4.78 is 2.26. The molecule has 0 amide bonds. The van der Waals surface area contributed by atoms with E-state index in [1.165, 1.54) is 49.8 Å². The quantitative estimate of drug-likeness (QED) is 0.768. The van der Waals surface area contributed by atoms with Crippen molar-refractivity contribution < 1.29 is 4.79 Å². The Labute approximate surface area is 113 Å². The Kier molecular flexibility index (Phi) is 3.65. The van der Waals surface area contributed by atoms with Crippen molar-refractivity contribution in [2.45, 2.75) is 25.8 Å². The van der Waals surface area contributed by atoms with Crippen LogP contribution in [0.25, 0.3) is 10.9 Å². The van der Waals surface area contributed by atoms with Crippen LogP contribution in [0.4, 0.5) is 0 Å². The number of rotatable bonds is 5. The zero-order chi connectivity index (χ0) is 13.1.